The van der Waals surface area contributed by atoms with Crippen LogP contribution in [0.2, 0.25) is 0 Å². The fourth-order valence-corrected chi connectivity index (χ4v) is 3.03. The van der Waals surface area contributed by atoms with E-state index >= 15 is 0 Å². The molecule has 3 N–H and O–H groups in total. The molecule has 1 aliphatic rings. The van der Waals surface area contributed by atoms with E-state index in [1.165, 1.54) is 6.07 Å². The second kappa shape index (κ2) is 8.56. The van der Waals surface area contributed by atoms with Crippen molar-refractivity contribution < 1.29 is 24.2 Å². The molecule has 0 radical (unpaired) electrons. The smallest absolute Gasteiger partial charge is 0.330 e. The zero-order chi connectivity index (χ0) is 20.1. The molecule has 1 atom stereocenters. The lowest BCUT2D eigenvalue weighted by Gasteiger charge is -2.16. The van der Waals surface area contributed by atoms with Crippen LogP contribution in [0.5, 0.6) is 5.75 Å². The first-order chi connectivity index (χ1) is 13.5. The summed E-state index contributed by atoms with van der Waals surface area (Å²) in [6.45, 7) is 3.05. The van der Waals surface area contributed by atoms with Crippen molar-refractivity contribution in [2.24, 2.45) is 0 Å². The molecule has 1 unspecified atom stereocenters. The van der Waals surface area contributed by atoms with E-state index in [4.69, 9.17) is 4.74 Å². The number of fused-ring (bicyclic) bond motifs is 1. The van der Waals surface area contributed by atoms with Crippen molar-refractivity contribution in [1.82, 2.24) is 10.6 Å². The Labute approximate surface area is 162 Å². The Morgan fingerprint density at radius 2 is 1.86 bits per heavy atom. The van der Waals surface area contributed by atoms with Crippen LogP contribution in [0.25, 0.3) is 0 Å². The van der Waals surface area contributed by atoms with E-state index in [2.05, 4.69) is 10.6 Å². The van der Waals surface area contributed by atoms with Crippen molar-refractivity contribution in [2.45, 2.75) is 25.8 Å². The molecule has 0 spiro atoms. The highest BCUT2D eigenvalue weighted by Gasteiger charge is 2.25. The number of carbonyl (C=O) groups excluding carboxylic acids is 2. The molecule has 3 rings (SSSR count). The molecule has 0 aromatic heterocycles. The molecule has 2 aromatic carbocycles. The highest BCUT2D eigenvalue weighted by atomic mass is 16.5. The van der Waals surface area contributed by atoms with Gasteiger partial charge >= 0.3 is 5.97 Å². The molecule has 1 heterocycles. The number of hydrogen-bond donors (Lipinski definition) is 3. The van der Waals surface area contributed by atoms with Gasteiger partial charge in [-0.3, -0.25) is 9.59 Å². The Kier molecular flexibility index (Phi) is 5.93. The van der Waals surface area contributed by atoms with Gasteiger partial charge in [-0.15, -0.1) is 0 Å². The molecule has 28 heavy (non-hydrogen) atoms. The van der Waals surface area contributed by atoms with Crippen molar-refractivity contribution in [1.29, 1.82) is 0 Å². The summed E-state index contributed by atoms with van der Waals surface area (Å²) >= 11 is 0. The van der Waals surface area contributed by atoms with Gasteiger partial charge in [-0.25, -0.2) is 4.79 Å². The fraction of sp³-hybridized carbons (Fsp3) is 0.286. The molecule has 2 aromatic rings. The number of nitrogens with one attached hydrogen (secondary N) is 2. The Balaban J connectivity index is 1.78. The number of carboxylic acids is 1. The summed E-state index contributed by atoms with van der Waals surface area (Å²) in [7, 11) is 0. The van der Waals surface area contributed by atoms with Gasteiger partial charge in [-0.2, -0.15) is 0 Å². The van der Waals surface area contributed by atoms with Crippen LogP contribution in [0, 0.1) is 0 Å². The first-order valence-corrected chi connectivity index (χ1v) is 9.17. The van der Waals surface area contributed by atoms with E-state index < -0.39 is 17.9 Å². The third kappa shape index (κ3) is 4.31. The van der Waals surface area contributed by atoms with Gasteiger partial charge in [0.1, 0.15) is 5.75 Å². The Hall–Kier alpha value is -3.35. The maximum Gasteiger partial charge on any atom is 0.330 e. The van der Waals surface area contributed by atoms with Gasteiger partial charge in [0, 0.05) is 24.1 Å². The van der Waals surface area contributed by atoms with Gasteiger partial charge in [-0.05, 0) is 47.9 Å². The van der Waals surface area contributed by atoms with Gasteiger partial charge in [0.2, 0.25) is 0 Å². The Morgan fingerprint density at radius 1 is 1.11 bits per heavy atom. The maximum atomic E-state index is 12.6. The molecular formula is C21H22N2O5. The number of ether oxygens (including phenoxy) is 1. The minimum absolute atomic E-state index is 0.222. The van der Waals surface area contributed by atoms with E-state index in [0.717, 1.165) is 17.7 Å². The predicted molar refractivity (Wildman–Crippen MR) is 103 cm³/mol. The van der Waals surface area contributed by atoms with Crippen LogP contribution in [0.15, 0.2) is 42.5 Å². The standard InChI is InChI=1S/C21H22N2O5/c1-2-9-22-19(24)15-4-3-5-16(12-15)20(25)23-18(21(26)27)14-6-7-17-13(11-14)8-10-28-17/h3-7,11-12,18H,2,8-10H2,1H3,(H,22,24)(H,23,25)(H,26,27). The molecule has 7 nitrogen and oxygen atoms in total. The second-order valence-electron chi connectivity index (χ2n) is 6.55. The minimum Gasteiger partial charge on any atom is -0.493 e. The van der Waals surface area contributed by atoms with E-state index in [0.29, 0.717) is 30.7 Å². The molecule has 0 bridgehead atoms. The fourth-order valence-electron chi connectivity index (χ4n) is 3.03. The zero-order valence-corrected chi connectivity index (χ0v) is 15.5. The number of amides is 2. The summed E-state index contributed by atoms with van der Waals surface area (Å²) in [6.07, 6.45) is 1.51. The molecule has 0 aliphatic carbocycles. The van der Waals surface area contributed by atoms with Crippen molar-refractivity contribution in [2.75, 3.05) is 13.2 Å². The van der Waals surface area contributed by atoms with Gasteiger partial charge < -0.3 is 20.5 Å². The second-order valence-corrected chi connectivity index (χ2v) is 6.55. The van der Waals surface area contributed by atoms with Crippen LogP contribution < -0.4 is 15.4 Å². The van der Waals surface area contributed by atoms with Crippen molar-refractivity contribution >= 4 is 17.8 Å². The molecule has 146 valence electrons. The highest BCUT2D eigenvalue weighted by Crippen LogP contribution is 2.28. The third-order valence-electron chi connectivity index (χ3n) is 4.49. The normalized spacial score (nSPS) is 13.2. The number of carbonyl (C=O) groups is 3. The zero-order valence-electron chi connectivity index (χ0n) is 15.5. The van der Waals surface area contributed by atoms with Crippen LogP contribution in [-0.4, -0.2) is 36.0 Å². The van der Waals surface area contributed by atoms with Crippen LogP contribution in [-0.2, 0) is 11.2 Å². The molecule has 0 fully saturated rings. The van der Waals surface area contributed by atoms with Gasteiger partial charge in [-0.1, -0.05) is 19.1 Å². The summed E-state index contributed by atoms with van der Waals surface area (Å²) in [6, 6.07) is 10.1. The van der Waals surface area contributed by atoms with Crippen LogP contribution >= 0.6 is 0 Å². The number of rotatable bonds is 7. The van der Waals surface area contributed by atoms with E-state index in [1.54, 1.807) is 36.4 Å². The van der Waals surface area contributed by atoms with E-state index in [-0.39, 0.29) is 11.5 Å². The van der Waals surface area contributed by atoms with Crippen molar-refractivity contribution in [3.8, 4) is 5.75 Å². The molecule has 7 heteroatoms. The molecule has 0 saturated carbocycles. The quantitative estimate of drug-likeness (QED) is 0.682. The summed E-state index contributed by atoms with van der Waals surface area (Å²) in [5, 5.41) is 14.9. The minimum atomic E-state index is -1.20. The first kappa shape index (κ1) is 19.4. The van der Waals surface area contributed by atoms with Gasteiger partial charge in [0.25, 0.3) is 11.8 Å². The largest absolute Gasteiger partial charge is 0.493 e. The van der Waals surface area contributed by atoms with Crippen LogP contribution in [0.4, 0.5) is 0 Å². The van der Waals surface area contributed by atoms with Crippen molar-refractivity contribution in [3.05, 3.63) is 64.7 Å². The average molecular weight is 382 g/mol. The number of benzene rings is 2. The molecule has 1 aliphatic heterocycles. The Morgan fingerprint density at radius 3 is 2.57 bits per heavy atom. The number of hydrogen-bond acceptors (Lipinski definition) is 4. The van der Waals surface area contributed by atoms with Gasteiger partial charge in [0.05, 0.1) is 6.61 Å². The average Bonchev–Trinajstić information content (AvgIpc) is 3.17. The summed E-state index contributed by atoms with van der Waals surface area (Å²) < 4.78 is 5.43. The summed E-state index contributed by atoms with van der Waals surface area (Å²) in [4.78, 5) is 36.5. The number of carboxylic acid groups (broad SMARTS) is 1. The van der Waals surface area contributed by atoms with Gasteiger partial charge in [0.15, 0.2) is 6.04 Å². The lowest BCUT2D eigenvalue weighted by atomic mass is 10.0. The van der Waals surface area contributed by atoms with E-state index in [9.17, 15) is 19.5 Å². The number of aliphatic carboxylic acids is 1. The lowest BCUT2D eigenvalue weighted by molar-refractivity contribution is -0.139. The van der Waals surface area contributed by atoms with Crippen LogP contribution in [0.3, 0.4) is 0 Å². The molecule has 2 amide bonds. The Bertz CT molecular complexity index is 909. The predicted octanol–water partition coefficient (Wildman–Crippen LogP) is 2.32. The topological polar surface area (TPSA) is 105 Å². The monoisotopic (exact) mass is 382 g/mol. The third-order valence-corrected chi connectivity index (χ3v) is 4.49. The van der Waals surface area contributed by atoms with Crippen molar-refractivity contribution in [3.63, 3.8) is 0 Å². The van der Waals surface area contributed by atoms with Crippen LogP contribution in [0.1, 0.15) is 51.2 Å². The lowest BCUT2D eigenvalue weighted by Crippen LogP contribution is -2.34. The molecular weight excluding hydrogens is 360 g/mol. The SMILES string of the molecule is CCCNC(=O)c1cccc(C(=O)NC(C(=O)O)c2ccc3c(c2)CCO3)c1. The first-order valence-electron chi connectivity index (χ1n) is 9.17. The summed E-state index contributed by atoms with van der Waals surface area (Å²) in [5.74, 6) is -1.26. The molecule has 0 saturated heterocycles. The highest BCUT2D eigenvalue weighted by molar-refractivity contribution is 6.00. The summed E-state index contributed by atoms with van der Waals surface area (Å²) in [5.41, 5.74) is 1.97. The van der Waals surface area contributed by atoms with E-state index in [1.807, 2.05) is 6.92 Å². The maximum absolute atomic E-state index is 12.6.